The van der Waals surface area contributed by atoms with E-state index in [0.717, 1.165) is 50.4 Å². The van der Waals surface area contributed by atoms with Crippen LogP contribution in [-0.2, 0) is 10.8 Å². The average molecular weight is 695 g/mol. The first-order chi connectivity index (χ1) is 25.5. The van der Waals surface area contributed by atoms with Crippen LogP contribution < -0.4 is 4.90 Å². The van der Waals surface area contributed by atoms with Gasteiger partial charge in [0.25, 0.3) is 0 Å². The SMILES string of the molecule is CC(C)(C)c1cc(-c2nc(-c3cc(-c4ccccc4)cc(N(c4ccccc4)c4ccccn4)c3)nc3c2oc2ccccc23)c(O)c(C(C)(C)C)c1. The van der Waals surface area contributed by atoms with Crippen LogP contribution in [0.3, 0.4) is 0 Å². The summed E-state index contributed by atoms with van der Waals surface area (Å²) in [7, 11) is 0. The predicted octanol–water partition coefficient (Wildman–Crippen LogP) is 12.5. The van der Waals surface area contributed by atoms with Gasteiger partial charge in [-0.15, -0.1) is 0 Å². The molecule has 6 nitrogen and oxygen atoms in total. The lowest BCUT2D eigenvalue weighted by Crippen LogP contribution is -2.17. The van der Waals surface area contributed by atoms with Crippen molar-refractivity contribution in [2.24, 2.45) is 0 Å². The number of benzene rings is 5. The maximum absolute atomic E-state index is 12.1. The van der Waals surface area contributed by atoms with Crippen molar-refractivity contribution in [1.82, 2.24) is 15.0 Å². The van der Waals surface area contributed by atoms with E-state index in [4.69, 9.17) is 19.4 Å². The van der Waals surface area contributed by atoms with Crippen molar-refractivity contribution in [1.29, 1.82) is 0 Å². The monoisotopic (exact) mass is 694 g/mol. The van der Waals surface area contributed by atoms with Crippen molar-refractivity contribution >= 4 is 39.3 Å². The molecule has 53 heavy (non-hydrogen) atoms. The first-order valence-electron chi connectivity index (χ1n) is 18.0. The molecule has 6 heteroatoms. The number of furan rings is 1. The fourth-order valence-electron chi connectivity index (χ4n) is 6.87. The molecule has 0 radical (unpaired) electrons. The van der Waals surface area contributed by atoms with Gasteiger partial charge in [-0.25, -0.2) is 15.0 Å². The van der Waals surface area contributed by atoms with Crippen molar-refractivity contribution in [3.8, 4) is 39.5 Å². The summed E-state index contributed by atoms with van der Waals surface area (Å²) >= 11 is 0. The molecule has 1 N–H and O–H groups in total. The van der Waals surface area contributed by atoms with Crippen LogP contribution in [0.1, 0.15) is 52.7 Å². The fourth-order valence-corrected chi connectivity index (χ4v) is 6.87. The van der Waals surface area contributed by atoms with Crippen LogP contribution in [0, 0.1) is 0 Å². The lowest BCUT2D eigenvalue weighted by Gasteiger charge is -2.27. The Bertz CT molecular complexity index is 2540. The van der Waals surface area contributed by atoms with E-state index in [-0.39, 0.29) is 16.6 Å². The van der Waals surface area contributed by atoms with Crippen LogP contribution >= 0.6 is 0 Å². The van der Waals surface area contributed by atoms with E-state index in [0.29, 0.717) is 33.8 Å². The molecular weight excluding hydrogens is 653 g/mol. The molecule has 3 aromatic heterocycles. The Morgan fingerprint density at radius 1 is 0.604 bits per heavy atom. The van der Waals surface area contributed by atoms with Crippen LogP contribution in [0.15, 0.2) is 144 Å². The zero-order valence-corrected chi connectivity index (χ0v) is 30.9. The number of nitrogens with zero attached hydrogens (tertiary/aromatic N) is 4. The Hall–Kier alpha value is -6.27. The van der Waals surface area contributed by atoms with E-state index >= 15 is 0 Å². The molecule has 0 unspecified atom stereocenters. The largest absolute Gasteiger partial charge is 0.507 e. The lowest BCUT2D eigenvalue weighted by molar-refractivity contribution is 0.446. The van der Waals surface area contributed by atoms with Crippen molar-refractivity contribution in [3.05, 3.63) is 151 Å². The Labute approximate surface area is 310 Å². The van der Waals surface area contributed by atoms with Crippen molar-refractivity contribution in [2.45, 2.75) is 52.4 Å². The van der Waals surface area contributed by atoms with Gasteiger partial charge in [0.15, 0.2) is 11.4 Å². The van der Waals surface area contributed by atoms with E-state index in [1.165, 1.54) is 0 Å². The van der Waals surface area contributed by atoms with Gasteiger partial charge in [-0.2, -0.15) is 0 Å². The first-order valence-corrected chi connectivity index (χ1v) is 18.0. The van der Waals surface area contributed by atoms with Crippen LogP contribution in [0.4, 0.5) is 17.2 Å². The smallest absolute Gasteiger partial charge is 0.180 e. The highest BCUT2D eigenvalue weighted by Crippen LogP contribution is 2.46. The number of pyridine rings is 1. The molecule has 8 aromatic rings. The number of phenolic OH excluding ortho intramolecular Hbond substituents is 1. The average Bonchev–Trinajstić information content (AvgIpc) is 3.54. The molecule has 0 aliphatic heterocycles. The van der Waals surface area contributed by atoms with E-state index in [1.807, 2.05) is 85.1 Å². The maximum Gasteiger partial charge on any atom is 0.180 e. The second-order valence-corrected chi connectivity index (χ2v) is 15.6. The third-order valence-electron chi connectivity index (χ3n) is 9.69. The standard InChI is InChI=1S/C47H42N4O2/c1-46(2,3)33-28-37(43(52)38(29-33)47(4,5)6)42-44-41(36-21-13-14-22-39(36)53-44)49-45(50-42)32-25-31(30-17-9-7-10-18-30)26-35(27-32)51(34-19-11-8-12-20-34)40-23-15-16-24-48-40/h7-29,52H,1-6H3. The third-order valence-corrected chi connectivity index (χ3v) is 9.69. The number of phenols is 1. The van der Waals surface area contributed by atoms with E-state index in [1.54, 1.807) is 0 Å². The summed E-state index contributed by atoms with van der Waals surface area (Å²) in [6, 6.07) is 45.1. The number of hydrogen-bond donors (Lipinski definition) is 1. The van der Waals surface area contributed by atoms with E-state index in [2.05, 4.69) is 101 Å². The quantitative estimate of drug-likeness (QED) is 0.187. The number of rotatable bonds is 6. The summed E-state index contributed by atoms with van der Waals surface area (Å²) in [5.41, 5.74) is 9.30. The minimum atomic E-state index is -0.325. The van der Waals surface area contributed by atoms with Gasteiger partial charge in [-0.05, 0) is 88.2 Å². The predicted molar refractivity (Wildman–Crippen MR) is 217 cm³/mol. The number of aromatic nitrogens is 3. The first kappa shape index (κ1) is 33.9. The highest BCUT2D eigenvalue weighted by molar-refractivity contribution is 6.07. The summed E-state index contributed by atoms with van der Waals surface area (Å²) in [6.07, 6.45) is 1.81. The Morgan fingerprint density at radius 2 is 1.28 bits per heavy atom. The molecule has 5 aromatic carbocycles. The Morgan fingerprint density at radius 3 is 1.98 bits per heavy atom. The molecule has 8 rings (SSSR count). The topological polar surface area (TPSA) is 75.3 Å². The maximum atomic E-state index is 12.1. The Balaban J connectivity index is 1.45. The van der Waals surface area contributed by atoms with Gasteiger partial charge in [0, 0.05) is 39.6 Å². The summed E-state index contributed by atoms with van der Waals surface area (Å²) in [4.78, 5) is 17.5. The molecule has 0 aliphatic rings. The number of fused-ring (bicyclic) bond motifs is 3. The second-order valence-electron chi connectivity index (χ2n) is 15.6. The van der Waals surface area contributed by atoms with Gasteiger partial charge in [0.2, 0.25) is 0 Å². The molecule has 3 heterocycles. The second kappa shape index (κ2) is 13.1. The van der Waals surface area contributed by atoms with Gasteiger partial charge in [-0.3, -0.25) is 4.90 Å². The van der Waals surface area contributed by atoms with Crippen molar-refractivity contribution < 1.29 is 9.52 Å². The Kier molecular flexibility index (Phi) is 8.34. The highest BCUT2D eigenvalue weighted by atomic mass is 16.3. The van der Waals surface area contributed by atoms with Gasteiger partial charge in [0.05, 0.1) is 0 Å². The molecule has 0 saturated carbocycles. The molecule has 0 amide bonds. The van der Waals surface area contributed by atoms with Crippen molar-refractivity contribution in [3.63, 3.8) is 0 Å². The molecule has 0 bridgehead atoms. The van der Waals surface area contributed by atoms with Crippen LogP contribution in [0.5, 0.6) is 5.75 Å². The summed E-state index contributed by atoms with van der Waals surface area (Å²) in [6.45, 7) is 12.9. The minimum Gasteiger partial charge on any atom is -0.507 e. The molecule has 0 fully saturated rings. The number of para-hydroxylation sites is 2. The van der Waals surface area contributed by atoms with Crippen LogP contribution in [-0.4, -0.2) is 20.1 Å². The van der Waals surface area contributed by atoms with Gasteiger partial charge < -0.3 is 9.52 Å². The fraction of sp³-hybridized carbons (Fsp3) is 0.170. The zero-order valence-electron chi connectivity index (χ0n) is 30.9. The summed E-state index contributed by atoms with van der Waals surface area (Å²) < 4.78 is 6.55. The van der Waals surface area contributed by atoms with Crippen LogP contribution in [0.25, 0.3) is 55.8 Å². The normalized spacial score (nSPS) is 12.0. The zero-order chi connectivity index (χ0) is 36.9. The minimum absolute atomic E-state index is 0.184. The van der Waals surface area contributed by atoms with Gasteiger partial charge in [-0.1, -0.05) is 114 Å². The van der Waals surface area contributed by atoms with E-state index in [9.17, 15) is 5.11 Å². The highest BCUT2D eigenvalue weighted by Gasteiger charge is 2.29. The summed E-state index contributed by atoms with van der Waals surface area (Å²) in [5.74, 6) is 1.50. The van der Waals surface area contributed by atoms with Crippen molar-refractivity contribution in [2.75, 3.05) is 4.90 Å². The lowest BCUT2D eigenvalue weighted by atomic mass is 9.78. The molecule has 0 saturated heterocycles. The molecule has 262 valence electrons. The van der Waals surface area contributed by atoms with E-state index < -0.39 is 0 Å². The summed E-state index contributed by atoms with van der Waals surface area (Å²) in [5, 5.41) is 13.0. The number of anilines is 3. The molecule has 0 atom stereocenters. The van der Waals surface area contributed by atoms with Gasteiger partial charge >= 0.3 is 0 Å². The van der Waals surface area contributed by atoms with Gasteiger partial charge in [0.1, 0.15) is 28.4 Å². The molecule has 0 spiro atoms. The molecule has 0 aliphatic carbocycles. The number of aromatic hydroxyl groups is 1. The molecular formula is C47H42N4O2. The number of hydrogen-bond acceptors (Lipinski definition) is 6. The third kappa shape index (κ3) is 6.42. The van der Waals surface area contributed by atoms with Crippen LogP contribution in [0.2, 0.25) is 0 Å².